The number of likely N-dealkylation sites (N-methyl/N-ethyl adjacent to an activating group) is 1. The number of fused-ring (bicyclic) bond motifs is 2. The Morgan fingerprint density at radius 1 is 1.14 bits per heavy atom. The molecule has 8 nitrogen and oxygen atoms in total. The molecular weight excluding hydrogens is 469 g/mol. The number of nitrogens with one attached hydrogen (secondary N) is 1. The van der Waals surface area contributed by atoms with Gasteiger partial charge in [-0.3, -0.25) is 14.6 Å². The van der Waals surface area contributed by atoms with Crippen molar-refractivity contribution >= 4 is 33.3 Å². The van der Waals surface area contributed by atoms with Gasteiger partial charge in [0.25, 0.3) is 0 Å². The Bertz CT molecular complexity index is 1600. The second-order valence-electron chi connectivity index (χ2n) is 9.71. The molecule has 1 saturated carbocycles. The summed E-state index contributed by atoms with van der Waals surface area (Å²) in [5, 5.41) is 8.65. The van der Waals surface area contributed by atoms with Crippen LogP contribution in [0.1, 0.15) is 19.8 Å². The van der Waals surface area contributed by atoms with E-state index < -0.39 is 0 Å². The molecule has 5 aromatic rings. The molecule has 3 aromatic heterocycles. The van der Waals surface area contributed by atoms with Crippen molar-refractivity contribution in [3.63, 3.8) is 0 Å². The number of pyridine rings is 1. The van der Waals surface area contributed by atoms with Crippen LogP contribution in [0.15, 0.2) is 61.3 Å². The highest BCUT2D eigenvalue weighted by molar-refractivity contribution is 5.99. The Labute approximate surface area is 214 Å². The van der Waals surface area contributed by atoms with Crippen LogP contribution in [-0.2, 0) is 7.05 Å². The molecule has 1 aliphatic rings. The summed E-state index contributed by atoms with van der Waals surface area (Å²) in [5.74, 6) is 0.730. The topological polar surface area (TPSA) is 81.0 Å². The Morgan fingerprint density at radius 2 is 2.00 bits per heavy atom. The van der Waals surface area contributed by atoms with Crippen LogP contribution in [-0.4, -0.2) is 55.4 Å². The predicted molar refractivity (Wildman–Crippen MR) is 142 cm³/mol. The zero-order valence-corrected chi connectivity index (χ0v) is 21.0. The first-order chi connectivity index (χ1) is 18.0. The molecule has 0 aliphatic heterocycles. The molecule has 3 heterocycles. The third-order valence-electron chi connectivity index (χ3n) is 6.76. The smallest absolute Gasteiger partial charge is 0.156 e. The van der Waals surface area contributed by atoms with Gasteiger partial charge < -0.3 is 10.1 Å². The maximum atomic E-state index is 15.4. The first kappa shape index (κ1) is 23.3. The maximum Gasteiger partial charge on any atom is 0.156 e. The number of hydrogen-bond donors (Lipinski definition) is 1. The van der Waals surface area contributed by atoms with Gasteiger partial charge in [-0.25, -0.2) is 14.4 Å². The molecule has 0 unspecified atom stereocenters. The molecule has 0 radical (unpaired) electrons. The van der Waals surface area contributed by atoms with E-state index in [1.165, 1.54) is 19.2 Å². The summed E-state index contributed by atoms with van der Waals surface area (Å²) < 4.78 is 23.7. The second kappa shape index (κ2) is 9.40. The van der Waals surface area contributed by atoms with E-state index in [1.54, 1.807) is 35.1 Å². The summed E-state index contributed by atoms with van der Waals surface area (Å²) in [7, 11) is 4.02. The van der Waals surface area contributed by atoms with Crippen LogP contribution in [0.5, 0.6) is 5.75 Å². The van der Waals surface area contributed by atoms with Gasteiger partial charge in [0.05, 0.1) is 28.3 Å². The van der Waals surface area contributed by atoms with E-state index in [0.717, 1.165) is 17.7 Å². The van der Waals surface area contributed by atoms with Gasteiger partial charge in [-0.15, -0.1) is 0 Å². The van der Waals surface area contributed by atoms with Gasteiger partial charge in [-0.1, -0.05) is 0 Å². The van der Waals surface area contributed by atoms with E-state index in [1.807, 2.05) is 31.6 Å². The Balaban J connectivity index is 1.43. The molecule has 2 aromatic carbocycles. The highest BCUT2D eigenvalue weighted by Gasteiger charge is 2.27. The van der Waals surface area contributed by atoms with E-state index in [0.29, 0.717) is 45.1 Å². The van der Waals surface area contributed by atoms with Crippen LogP contribution in [0.3, 0.4) is 0 Å². The number of aryl methyl sites for hydroxylation is 1. The summed E-state index contributed by atoms with van der Waals surface area (Å²) in [5.41, 5.74) is 3.49. The van der Waals surface area contributed by atoms with Crippen molar-refractivity contribution in [2.24, 2.45) is 7.05 Å². The van der Waals surface area contributed by atoms with Crippen LogP contribution in [0.2, 0.25) is 0 Å². The molecular formula is C28H28FN7O. The van der Waals surface area contributed by atoms with Crippen molar-refractivity contribution in [3.05, 3.63) is 67.1 Å². The Morgan fingerprint density at radius 3 is 2.78 bits per heavy atom. The summed E-state index contributed by atoms with van der Waals surface area (Å²) in [4.78, 5) is 15.6. The van der Waals surface area contributed by atoms with E-state index in [-0.39, 0.29) is 11.9 Å². The number of aromatic nitrogens is 5. The number of benzene rings is 2. The van der Waals surface area contributed by atoms with Crippen molar-refractivity contribution in [1.29, 1.82) is 0 Å². The number of ether oxygens (including phenoxy) is 1. The lowest BCUT2D eigenvalue weighted by Crippen LogP contribution is -2.32. The first-order valence-electron chi connectivity index (χ1n) is 12.4. The zero-order valence-electron chi connectivity index (χ0n) is 21.0. The Hall–Kier alpha value is -4.11. The molecule has 1 N–H and O–H groups in total. The van der Waals surface area contributed by atoms with Crippen molar-refractivity contribution in [2.75, 3.05) is 18.9 Å². The molecule has 9 heteroatoms. The molecule has 1 atom stereocenters. The fraction of sp³-hybridized carbons (Fsp3) is 0.286. The minimum atomic E-state index is -0.383. The summed E-state index contributed by atoms with van der Waals surface area (Å²) in [6.07, 6.45) is 9.29. The molecule has 1 fully saturated rings. The summed E-state index contributed by atoms with van der Waals surface area (Å²) in [6, 6.07) is 11.5. The molecule has 0 spiro atoms. The molecule has 0 saturated heterocycles. The molecule has 188 valence electrons. The van der Waals surface area contributed by atoms with Crippen LogP contribution < -0.4 is 10.1 Å². The summed E-state index contributed by atoms with van der Waals surface area (Å²) in [6.45, 7) is 2.86. The molecule has 1 aliphatic carbocycles. The van der Waals surface area contributed by atoms with Crippen molar-refractivity contribution in [3.8, 4) is 16.9 Å². The van der Waals surface area contributed by atoms with E-state index in [2.05, 4.69) is 44.2 Å². The molecule has 0 bridgehead atoms. The molecule has 0 amide bonds. The minimum Gasteiger partial charge on any atom is -0.489 e. The van der Waals surface area contributed by atoms with Gasteiger partial charge in [0.2, 0.25) is 0 Å². The maximum absolute atomic E-state index is 15.4. The second-order valence-corrected chi connectivity index (χ2v) is 9.71. The average molecular weight is 498 g/mol. The van der Waals surface area contributed by atoms with E-state index in [9.17, 15) is 0 Å². The van der Waals surface area contributed by atoms with Crippen LogP contribution in [0.4, 0.5) is 15.9 Å². The van der Waals surface area contributed by atoms with Crippen LogP contribution in [0.25, 0.3) is 32.9 Å². The Kier molecular flexibility index (Phi) is 5.92. The lowest BCUT2D eigenvalue weighted by Gasteiger charge is -2.23. The average Bonchev–Trinajstić information content (AvgIpc) is 3.66. The van der Waals surface area contributed by atoms with Crippen molar-refractivity contribution in [2.45, 2.75) is 31.9 Å². The first-order valence-corrected chi connectivity index (χ1v) is 12.4. The number of anilines is 2. The third-order valence-corrected chi connectivity index (χ3v) is 6.76. The number of halogens is 1. The summed E-state index contributed by atoms with van der Waals surface area (Å²) >= 11 is 0. The van der Waals surface area contributed by atoms with Gasteiger partial charge in [0.15, 0.2) is 5.82 Å². The standard InChI is InChI=1S/C28H28FN7O/c1-17(14-35(2)20-6-7-20)37-25-12-18(19-13-33-36(3)15-19)11-24-26(25)28(32-16-31-24)34-23-9-8-22-21(27(23)29)5-4-10-30-22/h4-5,8-13,15-17,20H,6-7,14H2,1-3H3,(H,31,32,34)/t17-/m1/s1. The van der Waals surface area contributed by atoms with Gasteiger partial charge in [0.1, 0.15) is 24.0 Å². The molecule has 37 heavy (non-hydrogen) atoms. The van der Waals surface area contributed by atoms with Gasteiger partial charge >= 0.3 is 0 Å². The molecule has 6 rings (SSSR count). The number of rotatable bonds is 8. The number of nitrogens with zero attached hydrogens (tertiary/aromatic N) is 6. The van der Waals surface area contributed by atoms with Crippen molar-refractivity contribution < 1.29 is 9.13 Å². The fourth-order valence-corrected chi connectivity index (χ4v) is 4.74. The SMILES string of the molecule is C[C@H](CN(C)C1CC1)Oc1cc(-c2cnn(C)c2)cc2ncnc(Nc3ccc4ncccc4c3F)c12. The number of hydrogen-bond acceptors (Lipinski definition) is 7. The lowest BCUT2D eigenvalue weighted by molar-refractivity contribution is 0.160. The van der Waals surface area contributed by atoms with E-state index >= 15 is 4.39 Å². The van der Waals surface area contributed by atoms with Crippen LogP contribution in [0, 0.1) is 5.82 Å². The quantitative estimate of drug-likeness (QED) is 0.311. The lowest BCUT2D eigenvalue weighted by atomic mass is 10.1. The normalized spacial score (nSPS) is 14.4. The van der Waals surface area contributed by atoms with Gasteiger partial charge in [-0.2, -0.15) is 5.10 Å². The predicted octanol–water partition coefficient (Wildman–Crippen LogP) is 5.32. The van der Waals surface area contributed by atoms with Gasteiger partial charge in [0, 0.05) is 43.0 Å². The zero-order chi connectivity index (χ0) is 25.5. The van der Waals surface area contributed by atoms with E-state index in [4.69, 9.17) is 4.74 Å². The van der Waals surface area contributed by atoms with Crippen molar-refractivity contribution in [1.82, 2.24) is 29.6 Å². The minimum absolute atomic E-state index is 0.0746. The van der Waals surface area contributed by atoms with Crippen LogP contribution >= 0.6 is 0 Å². The van der Waals surface area contributed by atoms with Gasteiger partial charge in [-0.05, 0) is 68.8 Å². The third kappa shape index (κ3) is 4.70. The fourth-order valence-electron chi connectivity index (χ4n) is 4.74. The highest BCUT2D eigenvalue weighted by atomic mass is 19.1. The highest BCUT2D eigenvalue weighted by Crippen LogP contribution is 2.37. The largest absolute Gasteiger partial charge is 0.489 e. The monoisotopic (exact) mass is 497 g/mol.